The van der Waals surface area contributed by atoms with E-state index in [0.29, 0.717) is 6.04 Å². The number of carbonyl (C=O) groups is 1. The van der Waals surface area contributed by atoms with Crippen LogP contribution in [0.5, 0.6) is 5.75 Å². The van der Waals surface area contributed by atoms with Crippen molar-refractivity contribution >= 4 is 6.03 Å². The molecule has 5 heteroatoms. The number of hydrogen-bond donors (Lipinski definition) is 1. The summed E-state index contributed by atoms with van der Waals surface area (Å²) in [6.45, 7) is 5.87. The van der Waals surface area contributed by atoms with Crippen LogP contribution >= 0.6 is 0 Å². The van der Waals surface area contributed by atoms with Gasteiger partial charge in [0.25, 0.3) is 0 Å². The highest BCUT2D eigenvalue weighted by Crippen LogP contribution is 2.25. The molecule has 5 nitrogen and oxygen atoms in total. The van der Waals surface area contributed by atoms with Crippen molar-refractivity contribution < 1.29 is 9.53 Å². The number of ether oxygens (including phenoxy) is 1. The second-order valence-corrected chi connectivity index (χ2v) is 6.54. The lowest BCUT2D eigenvalue weighted by molar-refractivity contribution is 0.0637. The monoisotopic (exact) mass is 317 g/mol. The average Bonchev–Trinajstić information content (AvgIpc) is 2.61. The van der Waals surface area contributed by atoms with Crippen molar-refractivity contribution in [2.24, 2.45) is 0 Å². The fourth-order valence-electron chi connectivity index (χ4n) is 3.72. The number of hydrogen-bond acceptors (Lipinski definition) is 3. The molecule has 0 aliphatic carbocycles. The van der Waals surface area contributed by atoms with Crippen molar-refractivity contribution in [2.75, 3.05) is 33.3 Å². The van der Waals surface area contributed by atoms with Gasteiger partial charge in [-0.25, -0.2) is 4.79 Å². The lowest BCUT2D eigenvalue weighted by Crippen LogP contribution is -2.58. The number of benzene rings is 1. The van der Waals surface area contributed by atoms with Crippen LogP contribution in [0.25, 0.3) is 0 Å². The molecule has 0 saturated carbocycles. The van der Waals surface area contributed by atoms with Crippen molar-refractivity contribution in [3.05, 3.63) is 29.8 Å². The smallest absolute Gasteiger partial charge is 0.317 e. The second kappa shape index (κ2) is 7.21. The molecule has 2 atom stereocenters. The molecule has 0 radical (unpaired) electrons. The molecule has 2 heterocycles. The summed E-state index contributed by atoms with van der Waals surface area (Å²) in [5.41, 5.74) is 1.01. The van der Waals surface area contributed by atoms with Gasteiger partial charge in [-0.15, -0.1) is 0 Å². The number of rotatable bonds is 3. The number of methoxy groups -OCH3 is 1. The predicted octanol–water partition coefficient (Wildman–Crippen LogP) is 2.64. The first-order valence-corrected chi connectivity index (χ1v) is 8.61. The molecule has 3 rings (SSSR count). The normalized spacial score (nSPS) is 23.0. The Morgan fingerprint density at radius 3 is 2.91 bits per heavy atom. The third kappa shape index (κ3) is 3.61. The number of piperazine rings is 1. The molecule has 1 aromatic rings. The SMILES string of the molecule is COc1ccccc1[C@@H](C)NC(=O)N1CCN2CCCC[C@H]2C1. The number of fused-ring (bicyclic) bond motifs is 1. The van der Waals surface area contributed by atoms with E-state index in [0.717, 1.165) is 30.9 Å². The van der Waals surface area contributed by atoms with Crippen LogP contribution in [0.3, 0.4) is 0 Å². The molecule has 2 aliphatic rings. The van der Waals surface area contributed by atoms with E-state index in [-0.39, 0.29) is 12.1 Å². The summed E-state index contributed by atoms with van der Waals surface area (Å²) in [4.78, 5) is 17.1. The van der Waals surface area contributed by atoms with Gasteiger partial charge in [0.2, 0.25) is 0 Å². The van der Waals surface area contributed by atoms with Crippen molar-refractivity contribution in [3.8, 4) is 5.75 Å². The van der Waals surface area contributed by atoms with Crippen LogP contribution in [-0.4, -0.2) is 55.2 Å². The molecule has 1 aromatic carbocycles. The highest BCUT2D eigenvalue weighted by molar-refractivity contribution is 5.75. The van der Waals surface area contributed by atoms with Gasteiger partial charge in [-0.1, -0.05) is 24.6 Å². The van der Waals surface area contributed by atoms with E-state index in [2.05, 4.69) is 10.2 Å². The zero-order valence-corrected chi connectivity index (χ0v) is 14.1. The minimum absolute atomic E-state index is 0.0358. The van der Waals surface area contributed by atoms with Crippen LogP contribution in [0, 0.1) is 0 Å². The molecule has 0 bridgehead atoms. The lowest BCUT2D eigenvalue weighted by atomic mass is 10.00. The first kappa shape index (κ1) is 16.1. The van der Waals surface area contributed by atoms with Gasteiger partial charge in [0, 0.05) is 31.2 Å². The third-order valence-corrected chi connectivity index (χ3v) is 5.07. The van der Waals surface area contributed by atoms with Gasteiger partial charge in [-0.05, 0) is 32.4 Å². The third-order valence-electron chi connectivity index (χ3n) is 5.07. The van der Waals surface area contributed by atoms with Gasteiger partial charge in [-0.2, -0.15) is 0 Å². The van der Waals surface area contributed by atoms with Crippen molar-refractivity contribution in [1.82, 2.24) is 15.1 Å². The Bertz CT molecular complexity index is 549. The topological polar surface area (TPSA) is 44.8 Å². The van der Waals surface area contributed by atoms with E-state index in [4.69, 9.17) is 4.74 Å². The number of amides is 2. The maximum Gasteiger partial charge on any atom is 0.317 e. The Labute approximate surface area is 138 Å². The first-order chi connectivity index (χ1) is 11.2. The van der Waals surface area contributed by atoms with E-state index < -0.39 is 0 Å². The Hall–Kier alpha value is -1.75. The summed E-state index contributed by atoms with van der Waals surface area (Å²) in [5.74, 6) is 0.817. The van der Waals surface area contributed by atoms with E-state index in [1.54, 1.807) is 7.11 Å². The number of nitrogens with one attached hydrogen (secondary N) is 1. The van der Waals surface area contributed by atoms with Crippen LogP contribution in [0.2, 0.25) is 0 Å². The molecule has 126 valence electrons. The molecule has 2 fully saturated rings. The number of para-hydroxylation sites is 1. The Kier molecular flexibility index (Phi) is 5.06. The van der Waals surface area contributed by atoms with Crippen LogP contribution in [0.4, 0.5) is 4.79 Å². The minimum atomic E-state index is -0.0666. The van der Waals surface area contributed by atoms with Gasteiger partial charge < -0.3 is 15.0 Å². The van der Waals surface area contributed by atoms with Crippen LogP contribution in [0.1, 0.15) is 37.8 Å². The predicted molar refractivity (Wildman–Crippen MR) is 90.7 cm³/mol. The van der Waals surface area contributed by atoms with Gasteiger partial charge in [0.05, 0.1) is 13.2 Å². The van der Waals surface area contributed by atoms with Crippen molar-refractivity contribution in [1.29, 1.82) is 0 Å². The Morgan fingerprint density at radius 2 is 2.09 bits per heavy atom. The minimum Gasteiger partial charge on any atom is -0.496 e. The van der Waals surface area contributed by atoms with Gasteiger partial charge in [0.1, 0.15) is 5.75 Å². The zero-order valence-electron chi connectivity index (χ0n) is 14.1. The lowest BCUT2D eigenvalue weighted by Gasteiger charge is -2.44. The molecular formula is C18H27N3O2. The number of carbonyl (C=O) groups excluding carboxylic acids is 1. The fraction of sp³-hybridized carbons (Fsp3) is 0.611. The number of urea groups is 1. The molecule has 0 aromatic heterocycles. The first-order valence-electron chi connectivity index (χ1n) is 8.61. The number of nitrogens with zero attached hydrogens (tertiary/aromatic N) is 2. The standard InChI is InChI=1S/C18H27N3O2/c1-14(16-8-3-4-9-17(16)23-2)19-18(22)21-12-11-20-10-6-5-7-15(20)13-21/h3-4,8-9,14-15H,5-7,10-13H2,1-2H3,(H,19,22)/t14-,15+/m1/s1. The fourth-order valence-corrected chi connectivity index (χ4v) is 3.72. The summed E-state index contributed by atoms with van der Waals surface area (Å²) >= 11 is 0. The molecule has 0 unspecified atom stereocenters. The zero-order chi connectivity index (χ0) is 16.2. The maximum atomic E-state index is 12.6. The summed E-state index contributed by atoms with van der Waals surface area (Å²) in [6, 6.07) is 8.36. The Morgan fingerprint density at radius 1 is 1.26 bits per heavy atom. The molecule has 1 N–H and O–H groups in total. The van der Waals surface area contributed by atoms with E-state index in [1.807, 2.05) is 36.1 Å². The summed E-state index contributed by atoms with van der Waals surface area (Å²) in [5, 5.41) is 3.12. The molecule has 23 heavy (non-hydrogen) atoms. The molecular weight excluding hydrogens is 290 g/mol. The van der Waals surface area contributed by atoms with Crippen molar-refractivity contribution in [3.63, 3.8) is 0 Å². The summed E-state index contributed by atoms with van der Waals surface area (Å²) in [7, 11) is 1.66. The summed E-state index contributed by atoms with van der Waals surface area (Å²) in [6.07, 6.45) is 3.80. The van der Waals surface area contributed by atoms with Crippen molar-refractivity contribution in [2.45, 2.75) is 38.3 Å². The molecule has 2 saturated heterocycles. The van der Waals surface area contributed by atoms with Gasteiger partial charge in [0.15, 0.2) is 0 Å². The van der Waals surface area contributed by atoms with Crippen LogP contribution < -0.4 is 10.1 Å². The summed E-state index contributed by atoms with van der Waals surface area (Å²) < 4.78 is 5.39. The largest absolute Gasteiger partial charge is 0.496 e. The van der Waals surface area contributed by atoms with E-state index in [1.165, 1.54) is 25.8 Å². The van der Waals surface area contributed by atoms with E-state index >= 15 is 0 Å². The van der Waals surface area contributed by atoms with Gasteiger partial charge >= 0.3 is 6.03 Å². The Balaban J connectivity index is 1.60. The maximum absolute atomic E-state index is 12.6. The van der Waals surface area contributed by atoms with Crippen LogP contribution in [0.15, 0.2) is 24.3 Å². The average molecular weight is 317 g/mol. The van der Waals surface area contributed by atoms with E-state index in [9.17, 15) is 4.79 Å². The number of piperidine rings is 1. The highest BCUT2D eigenvalue weighted by Gasteiger charge is 2.31. The quantitative estimate of drug-likeness (QED) is 0.932. The highest BCUT2D eigenvalue weighted by atomic mass is 16.5. The molecule has 2 aliphatic heterocycles. The second-order valence-electron chi connectivity index (χ2n) is 6.54. The molecule has 2 amide bonds. The molecule has 0 spiro atoms. The van der Waals surface area contributed by atoms with Gasteiger partial charge in [-0.3, -0.25) is 4.90 Å². The van der Waals surface area contributed by atoms with Crippen LogP contribution in [-0.2, 0) is 0 Å².